The van der Waals surface area contributed by atoms with E-state index in [1.54, 1.807) is 4.90 Å². The molecule has 1 aromatic carbocycles. The number of halogens is 6. The van der Waals surface area contributed by atoms with E-state index in [0.29, 0.717) is 32.2 Å². The van der Waals surface area contributed by atoms with Crippen molar-refractivity contribution >= 4 is 0 Å². The highest BCUT2D eigenvalue weighted by atomic mass is 19.4. The molecule has 0 spiro atoms. The predicted molar refractivity (Wildman–Crippen MR) is 69.2 cm³/mol. The van der Waals surface area contributed by atoms with Gasteiger partial charge in [0.25, 0.3) is 0 Å². The van der Waals surface area contributed by atoms with Crippen LogP contribution in [0.15, 0.2) is 18.2 Å². The summed E-state index contributed by atoms with van der Waals surface area (Å²) in [5.41, 5.74) is -1.22. The molecule has 0 saturated carbocycles. The maximum Gasteiger partial charge on any atom is 0.416 e. The Labute approximate surface area is 124 Å². The molecule has 124 valence electrons. The van der Waals surface area contributed by atoms with Crippen LogP contribution in [0.2, 0.25) is 0 Å². The lowest BCUT2D eigenvalue weighted by atomic mass is 9.98. The van der Waals surface area contributed by atoms with Gasteiger partial charge in [-0.15, -0.1) is 0 Å². The summed E-state index contributed by atoms with van der Waals surface area (Å²) in [6.07, 6.45) is -8.02. The van der Waals surface area contributed by atoms with E-state index >= 15 is 0 Å². The highest BCUT2D eigenvalue weighted by Gasteiger charge is 2.33. The van der Waals surface area contributed by atoms with Crippen molar-refractivity contribution < 1.29 is 26.3 Å². The molecule has 0 aliphatic carbocycles. The fourth-order valence-electron chi connectivity index (χ4n) is 2.63. The molecule has 1 heterocycles. The second-order valence-corrected chi connectivity index (χ2v) is 5.20. The molecule has 8 heteroatoms. The largest absolute Gasteiger partial charge is 0.416 e. The standard InChI is InChI=1S/C14H16F6N2/c15-11-6-9(5-10(7-11)14(18,19)20)12(8-13(16)17)22-3-1-21-2-4-22/h5-7,12-13,21H,1-4,8H2/t12-/m0/s1. The molecule has 0 unspecified atom stereocenters. The Morgan fingerprint density at radius 2 is 1.73 bits per heavy atom. The third-order valence-corrected chi connectivity index (χ3v) is 3.63. The molecule has 0 amide bonds. The summed E-state index contributed by atoms with van der Waals surface area (Å²) in [5, 5.41) is 3.04. The summed E-state index contributed by atoms with van der Waals surface area (Å²) in [6, 6.07) is 1.11. The van der Waals surface area contributed by atoms with Gasteiger partial charge < -0.3 is 5.32 Å². The van der Waals surface area contributed by atoms with Crippen LogP contribution < -0.4 is 5.32 Å². The van der Waals surface area contributed by atoms with E-state index in [1.807, 2.05) is 0 Å². The van der Waals surface area contributed by atoms with Crippen molar-refractivity contribution in [2.24, 2.45) is 0 Å². The summed E-state index contributed by atoms with van der Waals surface area (Å²) < 4.78 is 77.4. The van der Waals surface area contributed by atoms with Gasteiger partial charge in [-0.25, -0.2) is 13.2 Å². The Kier molecular flexibility index (Phi) is 5.33. The first-order valence-corrected chi connectivity index (χ1v) is 6.88. The Balaban J connectivity index is 2.35. The van der Waals surface area contributed by atoms with E-state index in [9.17, 15) is 26.3 Å². The number of hydrogen-bond acceptors (Lipinski definition) is 2. The number of hydrogen-bond donors (Lipinski definition) is 1. The van der Waals surface area contributed by atoms with Crippen molar-refractivity contribution in [3.63, 3.8) is 0 Å². The molecule has 0 aromatic heterocycles. The number of rotatable bonds is 4. The highest BCUT2D eigenvalue weighted by molar-refractivity contribution is 5.29. The third kappa shape index (κ3) is 4.36. The molecule has 1 aliphatic rings. The van der Waals surface area contributed by atoms with Gasteiger partial charge in [0.2, 0.25) is 6.43 Å². The summed E-state index contributed by atoms with van der Waals surface area (Å²) in [5.74, 6) is -1.07. The zero-order valence-electron chi connectivity index (χ0n) is 11.6. The Hall–Kier alpha value is -1.28. The SMILES string of the molecule is Fc1cc([C@H](CC(F)F)N2CCNCC2)cc(C(F)(F)F)c1. The topological polar surface area (TPSA) is 15.3 Å². The van der Waals surface area contributed by atoms with E-state index in [0.717, 1.165) is 12.1 Å². The fraction of sp³-hybridized carbons (Fsp3) is 0.571. The third-order valence-electron chi connectivity index (χ3n) is 3.63. The number of alkyl halides is 5. The zero-order chi connectivity index (χ0) is 16.3. The van der Waals surface area contributed by atoms with Crippen LogP contribution in [0.5, 0.6) is 0 Å². The van der Waals surface area contributed by atoms with Gasteiger partial charge in [0, 0.05) is 38.6 Å². The fourth-order valence-corrected chi connectivity index (χ4v) is 2.63. The quantitative estimate of drug-likeness (QED) is 0.853. The molecule has 2 rings (SSSR count). The molecule has 0 radical (unpaired) electrons. The maximum atomic E-state index is 13.5. The number of benzene rings is 1. The van der Waals surface area contributed by atoms with Crippen molar-refractivity contribution in [1.82, 2.24) is 10.2 Å². The van der Waals surface area contributed by atoms with Crippen molar-refractivity contribution in [3.8, 4) is 0 Å². The second kappa shape index (κ2) is 6.87. The molecule has 1 fully saturated rings. The molecule has 22 heavy (non-hydrogen) atoms. The molecular formula is C14H16F6N2. The molecule has 1 N–H and O–H groups in total. The van der Waals surface area contributed by atoms with Crippen LogP contribution >= 0.6 is 0 Å². The van der Waals surface area contributed by atoms with Crippen molar-refractivity contribution in [1.29, 1.82) is 0 Å². The van der Waals surface area contributed by atoms with Crippen LogP contribution in [-0.4, -0.2) is 37.5 Å². The number of nitrogens with one attached hydrogen (secondary N) is 1. The van der Waals surface area contributed by atoms with Crippen molar-refractivity contribution in [3.05, 3.63) is 35.1 Å². The van der Waals surface area contributed by atoms with Gasteiger partial charge in [-0.05, 0) is 23.8 Å². The van der Waals surface area contributed by atoms with Crippen molar-refractivity contribution in [2.45, 2.75) is 25.1 Å². The summed E-state index contributed by atoms with van der Waals surface area (Å²) in [6.45, 7) is 1.97. The minimum absolute atomic E-state index is 0.0606. The van der Waals surface area contributed by atoms with Gasteiger partial charge in [-0.2, -0.15) is 13.2 Å². The average Bonchev–Trinajstić information content (AvgIpc) is 2.44. The van der Waals surface area contributed by atoms with Gasteiger partial charge in [0.05, 0.1) is 5.56 Å². The van der Waals surface area contributed by atoms with Crippen LogP contribution in [0.1, 0.15) is 23.6 Å². The lowest BCUT2D eigenvalue weighted by molar-refractivity contribution is -0.137. The van der Waals surface area contributed by atoms with Crippen LogP contribution in [0, 0.1) is 5.82 Å². The molecule has 1 saturated heterocycles. The highest BCUT2D eigenvalue weighted by Crippen LogP contribution is 2.34. The smallest absolute Gasteiger partial charge is 0.314 e. The maximum absolute atomic E-state index is 13.5. The Morgan fingerprint density at radius 1 is 1.09 bits per heavy atom. The van der Waals surface area contributed by atoms with Gasteiger partial charge in [-0.3, -0.25) is 4.90 Å². The predicted octanol–water partition coefficient (Wildman–Crippen LogP) is 3.45. The first-order chi connectivity index (χ1) is 10.3. The average molecular weight is 326 g/mol. The molecule has 1 aromatic rings. The summed E-state index contributed by atoms with van der Waals surface area (Å²) in [4.78, 5) is 1.66. The van der Waals surface area contributed by atoms with Crippen LogP contribution in [0.25, 0.3) is 0 Å². The second-order valence-electron chi connectivity index (χ2n) is 5.20. The lowest BCUT2D eigenvalue weighted by Gasteiger charge is -2.35. The Morgan fingerprint density at radius 3 is 2.27 bits per heavy atom. The van der Waals surface area contributed by atoms with E-state index in [1.165, 1.54) is 0 Å². The van der Waals surface area contributed by atoms with Gasteiger partial charge >= 0.3 is 6.18 Å². The number of piperazine rings is 1. The molecule has 1 atom stereocenters. The minimum Gasteiger partial charge on any atom is -0.314 e. The van der Waals surface area contributed by atoms with Gasteiger partial charge in [0.15, 0.2) is 0 Å². The van der Waals surface area contributed by atoms with Crippen molar-refractivity contribution in [2.75, 3.05) is 26.2 Å². The van der Waals surface area contributed by atoms with Crippen LogP contribution in [-0.2, 0) is 6.18 Å². The molecule has 2 nitrogen and oxygen atoms in total. The van der Waals surface area contributed by atoms with Crippen LogP contribution in [0.3, 0.4) is 0 Å². The normalized spacial score (nSPS) is 18.7. The number of nitrogens with zero attached hydrogens (tertiary/aromatic N) is 1. The monoisotopic (exact) mass is 326 g/mol. The lowest BCUT2D eigenvalue weighted by Crippen LogP contribution is -2.45. The first-order valence-electron chi connectivity index (χ1n) is 6.88. The Bertz CT molecular complexity index is 497. The summed E-state index contributed by atoms with van der Waals surface area (Å²) in [7, 11) is 0. The zero-order valence-corrected chi connectivity index (χ0v) is 11.6. The van der Waals surface area contributed by atoms with E-state index in [-0.39, 0.29) is 5.56 Å². The first kappa shape index (κ1) is 17.1. The molecular weight excluding hydrogens is 310 g/mol. The van der Waals surface area contributed by atoms with Gasteiger partial charge in [0.1, 0.15) is 5.82 Å². The summed E-state index contributed by atoms with van der Waals surface area (Å²) >= 11 is 0. The van der Waals surface area contributed by atoms with E-state index in [4.69, 9.17) is 0 Å². The molecule has 0 bridgehead atoms. The van der Waals surface area contributed by atoms with Gasteiger partial charge in [-0.1, -0.05) is 0 Å². The van der Waals surface area contributed by atoms with E-state index < -0.39 is 36.4 Å². The molecule has 1 aliphatic heterocycles. The van der Waals surface area contributed by atoms with Crippen LogP contribution in [0.4, 0.5) is 26.3 Å². The minimum atomic E-state index is -4.71. The van der Waals surface area contributed by atoms with E-state index in [2.05, 4.69) is 5.32 Å².